The SMILES string of the molecule is CC(=O)[C@H]1CC[C@H]2[C@@H]3CC[C@H]4CC(=O)CC[C@]4(C)[C@@H]3[C@H](O)C[C@]12C. The van der Waals surface area contributed by atoms with Crippen molar-refractivity contribution in [3.63, 3.8) is 0 Å². The number of Topliss-reactive ketones (excluding diaryl/α,β-unsaturated/α-hetero) is 2. The van der Waals surface area contributed by atoms with Crippen molar-refractivity contribution in [1.29, 1.82) is 0 Å². The van der Waals surface area contributed by atoms with Crippen LogP contribution in [0, 0.1) is 40.4 Å². The molecular formula is C21H32O3. The molecule has 0 radical (unpaired) electrons. The summed E-state index contributed by atoms with van der Waals surface area (Å²) in [7, 11) is 0. The second-order valence-corrected chi connectivity index (χ2v) is 9.84. The maximum atomic E-state index is 12.2. The van der Waals surface area contributed by atoms with Crippen LogP contribution in [0.25, 0.3) is 0 Å². The van der Waals surface area contributed by atoms with E-state index in [1.165, 1.54) is 0 Å². The van der Waals surface area contributed by atoms with Gasteiger partial charge < -0.3 is 5.11 Å². The third-order valence-electron chi connectivity index (χ3n) is 8.90. The van der Waals surface area contributed by atoms with Gasteiger partial charge in [-0.05, 0) is 80.0 Å². The van der Waals surface area contributed by atoms with Crippen LogP contribution in [0.5, 0.6) is 0 Å². The lowest BCUT2D eigenvalue weighted by molar-refractivity contribution is -0.173. The van der Waals surface area contributed by atoms with Crippen molar-refractivity contribution in [2.24, 2.45) is 40.4 Å². The maximum absolute atomic E-state index is 12.2. The Labute approximate surface area is 145 Å². The molecule has 0 aromatic heterocycles. The molecule has 0 aromatic rings. The molecule has 4 aliphatic carbocycles. The number of ketones is 2. The van der Waals surface area contributed by atoms with E-state index in [1.807, 2.05) is 0 Å². The zero-order valence-corrected chi connectivity index (χ0v) is 15.4. The fraction of sp³-hybridized carbons (Fsp3) is 0.905. The van der Waals surface area contributed by atoms with E-state index in [-0.39, 0.29) is 22.9 Å². The molecule has 0 amide bonds. The monoisotopic (exact) mass is 332 g/mol. The van der Waals surface area contributed by atoms with Crippen molar-refractivity contribution in [2.75, 3.05) is 0 Å². The summed E-state index contributed by atoms with van der Waals surface area (Å²) in [6.07, 6.45) is 7.27. The molecule has 0 aliphatic heterocycles. The number of hydrogen-bond acceptors (Lipinski definition) is 3. The standard InChI is InChI=1S/C21H32O3/c1-12(22)16-6-7-17-15-5-4-13-10-14(23)8-9-20(13,2)19(15)18(24)11-21(16,17)3/h13,15-19,24H,4-11H2,1-3H3/t13-,15-,16+,17-,18+,19-,20-,21+/m0/s1. The predicted octanol–water partition coefficient (Wildman–Crippen LogP) is 3.77. The Kier molecular flexibility index (Phi) is 3.77. The van der Waals surface area contributed by atoms with Crippen molar-refractivity contribution in [1.82, 2.24) is 0 Å². The third-order valence-corrected chi connectivity index (χ3v) is 8.90. The molecule has 8 atom stereocenters. The Morgan fingerprint density at radius 1 is 1.12 bits per heavy atom. The number of carbonyl (C=O) groups excluding carboxylic acids is 2. The zero-order valence-electron chi connectivity index (χ0n) is 15.4. The highest BCUT2D eigenvalue weighted by Crippen LogP contribution is 2.67. The van der Waals surface area contributed by atoms with Crippen LogP contribution in [0.4, 0.5) is 0 Å². The number of aliphatic hydroxyl groups excluding tert-OH is 1. The lowest BCUT2D eigenvalue weighted by Gasteiger charge is -2.61. The van der Waals surface area contributed by atoms with Crippen LogP contribution in [0.15, 0.2) is 0 Å². The van der Waals surface area contributed by atoms with E-state index in [0.717, 1.165) is 44.9 Å². The molecule has 4 saturated carbocycles. The van der Waals surface area contributed by atoms with E-state index in [2.05, 4.69) is 13.8 Å². The van der Waals surface area contributed by atoms with Gasteiger partial charge in [0, 0.05) is 18.8 Å². The first-order valence-electron chi connectivity index (χ1n) is 9.97. The molecule has 0 heterocycles. The number of aliphatic hydroxyl groups is 1. The second-order valence-electron chi connectivity index (χ2n) is 9.84. The maximum Gasteiger partial charge on any atom is 0.133 e. The summed E-state index contributed by atoms with van der Waals surface area (Å²) in [4.78, 5) is 24.1. The average Bonchev–Trinajstić information content (AvgIpc) is 2.84. The summed E-state index contributed by atoms with van der Waals surface area (Å²) in [5.41, 5.74) is 0.103. The van der Waals surface area contributed by atoms with Gasteiger partial charge in [-0.25, -0.2) is 0 Å². The first-order valence-corrected chi connectivity index (χ1v) is 9.97. The van der Waals surface area contributed by atoms with Gasteiger partial charge in [-0.2, -0.15) is 0 Å². The quantitative estimate of drug-likeness (QED) is 0.795. The lowest BCUT2D eigenvalue weighted by Crippen LogP contribution is -2.59. The van der Waals surface area contributed by atoms with Crippen LogP contribution in [0.2, 0.25) is 0 Å². The molecule has 0 saturated heterocycles. The van der Waals surface area contributed by atoms with Crippen molar-refractivity contribution < 1.29 is 14.7 Å². The number of fused-ring (bicyclic) bond motifs is 5. The van der Waals surface area contributed by atoms with Crippen molar-refractivity contribution in [3.05, 3.63) is 0 Å². The Bertz CT molecular complexity index is 569. The molecule has 0 spiro atoms. The molecule has 134 valence electrons. The molecule has 4 rings (SSSR count). The summed E-state index contributed by atoms with van der Waals surface area (Å²) < 4.78 is 0. The van der Waals surface area contributed by atoms with E-state index >= 15 is 0 Å². The minimum Gasteiger partial charge on any atom is -0.393 e. The van der Waals surface area contributed by atoms with Gasteiger partial charge in [-0.15, -0.1) is 0 Å². The second kappa shape index (κ2) is 5.40. The average molecular weight is 332 g/mol. The molecule has 3 heteroatoms. The Morgan fingerprint density at radius 2 is 1.88 bits per heavy atom. The molecule has 3 nitrogen and oxygen atoms in total. The number of rotatable bonds is 1. The summed E-state index contributed by atoms with van der Waals surface area (Å²) in [6, 6.07) is 0. The van der Waals surface area contributed by atoms with Gasteiger partial charge >= 0.3 is 0 Å². The molecule has 4 fully saturated rings. The third kappa shape index (κ3) is 2.12. The first-order chi connectivity index (χ1) is 11.3. The zero-order chi connectivity index (χ0) is 17.3. The van der Waals surface area contributed by atoms with Crippen LogP contribution < -0.4 is 0 Å². The van der Waals surface area contributed by atoms with Crippen LogP contribution in [0.1, 0.15) is 72.1 Å². The molecule has 0 bridgehead atoms. The highest BCUT2D eigenvalue weighted by molar-refractivity contribution is 5.80. The van der Waals surface area contributed by atoms with Gasteiger partial charge in [0.05, 0.1) is 6.10 Å². The molecule has 0 unspecified atom stereocenters. The van der Waals surface area contributed by atoms with Crippen LogP contribution >= 0.6 is 0 Å². The van der Waals surface area contributed by atoms with Gasteiger partial charge in [0.1, 0.15) is 11.6 Å². The smallest absolute Gasteiger partial charge is 0.133 e. The van der Waals surface area contributed by atoms with Crippen LogP contribution in [0.3, 0.4) is 0 Å². The molecule has 24 heavy (non-hydrogen) atoms. The van der Waals surface area contributed by atoms with Crippen LogP contribution in [-0.4, -0.2) is 22.8 Å². The van der Waals surface area contributed by atoms with Crippen molar-refractivity contribution >= 4 is 11.6 Å². The normalized spacial score (nSPS) is 53.9. The predicted molar refractivity (Wildman–Crippen MR) is 92.3 cm³/mol. The van der Waals surface area contributed by atoms with Crippen LogP contribution in [-0.2, 0) is 9.59 Å². The van der Waals surface area contributed by atoms with E-state index < -0.39 is 0 Å². The minimum absolute atomic E-state index is 0.0138. The summed E-state index contributed by atoms with van der Waals surface area (Å²) in [5.74, 6) is 2.78. The fourth-order valence-electron chi connectivity index (χ4n) is 7.84. The molecule has 1 N–H and O–H groups in total. The van der Waals surface area contributed by atoms with Crippen molar-refractivity contribution in [2.45, 2.75) is 78.2 Å². The van der Waals surface area contributed by atoms with Gasteiger partial charge in [0.2, 0.25) is 0 Å². The first kappa shape index (κ1) is 16.8. The minimum atomic E-state index is -0.308. The molecular weight excluding hydrogens is 300 g/mol. The fourth-order valence-corrected chi connectivity index (χ4v) is 7.84. The lowest BCUT2D eigenvalue weighted by atomic mass is 9.44. The highest BCUT2D eigenvalue weighted by Gasteiger charge is 2.63. The van der Waals surface area contributed by atoms with E-state index in [9.17, 15) is 14.7 Å². The Morgan fingerprint density at radius 3 is 2.58 bits per heavy atom. The van der Waals surface area contributed by atoms with E-state index in [4.69, 9.17) is 0 Å². The number of carbonyl (C=O) groups is 2. The highest BCUT2D eigenvalue weighted by atomic mass is 16.3. The van der Waals surface area contributed by atoms with Gasteiger partial charge in [-0.1, -0.05) is 13.8 Å². The summed E-state index contributed by atoms with van der Waals surface area (Å²) in [6.45, 7) is 6.36. The molecule has 4 aliphatic rings. The van der Waals surface area contributed by atoms with Gasteiger partial charge in [0.15, 0.2) is 0 Å². The van der Waals surface area contributed by atoms with Crippen molar-refractivity contribution in [3.8, 4) is 0 Å². The Hall–Kier alpha value is -0.700. The largest absolute Gasteiger partial charge is 0.393 e. The summed E-state index contributed by atoms with van der Waals surface area (Å²) in [5, 5.41) is 11.2. The van der Waals surface area contributed by atoms with Gasteiger partial charge in [0.25, 0.3) is 0 Å². The van der Waals surface area contributed by atoms with Gasteiger partial charge in [-0.3, -0.25) is 9.59 Å². The topological polar surface area (TPSA) is 54.4 Å². The Balaban J connectivity index is 1.68. The number of hydrogen-bond donors (Lipinski definition) is 1. The summed E-state index contributed by atoms with van der Waals surface area (Å²) >= 11 is 0. The van der Waals surface area contributed by atoms with E-state index in [1.54, 1.807) is 6.92 Å². The van der Waals surface area contributed by atoms with E-state index in [0.29, 0.717) is 41.7 Å². The molecule has 0 aromatic carbocycles.